The van der Waals surface area contributed by atoms with Crippen LogP contribution in [0.5, 0.6) is 0 Å². The quantitative estimate of drug-likeness (QED) is 0.758. The summed E-state index contributed by atoms with van der Waals surface area (Å²) in [6, 6.07) is 4.58. The van der Waals surface area contributed by atoms with Gasteiger partial charge in [-0.05, 0) is 37.5 Å². The first kappa shape index (κ1) is 17.4. The molecular weight excluding hydrogens is 319 g/mol. The topological polar surface area (TPSA) is 57.1 Å². The van der Waals surface area contributed by atoms with Crippen molar-refractivity contribution < 1.29 is 9.18 Å². The normalized spacial score (nSPS) is 17.8. The molecule has 0 spiro atoms. The van der Waals surface area contributed by atoms with Crippen molar-refractivity contribution >= 4 is 17.3 Å². The molecule has 0 radical (unpaired) electrons. The van der Waals surface area contributed by atoms with Crippen molar-refractivity contribution in [2.24, 2.45) is 10.2 Å². The Labute approximate surface area is 147 Å². The molecule has 6 heteroatoms. The van der Waals surface area contributed by atoms with Gasteiger partial charge in [0.25, 0.3) is 0 Å². The minimum atomic E-state index is -0.471. The molecule has 0 aromatic heterocycles. The monoisotopic (exact) mass is 342 g/mol. The van der Waals surface area contributed by atoms with Crippen LogP contribution in [-0.4, -0.2) is 24.7 Å². The molecule has 1 aromatic rings. The number of carbonyl (C=O) groups excluding carboxylic acids is 1. The van der Waals surface area contributed by atoms with E-state index in [1.165, 1.54) is 18.6 Å². The third kappa shape index (κ3) is 4.56. The fraction of sp³-hybridized carbons (Fsp3) is 0.526. The lowest BCUT2D eigenvalue weighted by atomic mass is 10.0. The Bertz CT molecular complexity index is 698. The molecule has 0 bridgehead atoms. The van der Waals surface area contributed by atoms with E-state index in [0.29, 0.717) is 24.9 Å². The van der Waals surface area contributed by atoms with Crippen molar-refractivity contribution in [1.29, 1.82) is 0 Å². The highest BCUT2D eigenvalue weighted by atomic mass is 19.1. The van der Waals surface area contributed by atoms with E-state index in [0.717, 1.165) is 31.6 Å². The number of rotatable bonds is 7. The van der Waals surface area contributed by atoms with Crippen LogP contribution in [0.4, 0.5) is 15.8 Å². The van der Waals surface area contributed by atoms with Crippen molar-refractivity contribution in [2.45, 2.75) is 50.6 Å². The van der Waals surface area contributed by atoms with E-state index < -0.39 is 5.66 Å². The predicted octanol–water partition coefficient (Wildman–Crippen LogP) is 4.11. The highest BCUT2D eigenvalue weighted by Crippen LogP contribution is 2.38. The highest BCUT2D eigenvalue weighted by Gasteiger charge is 2.39. The summed E-state index contributed by atoms with van der Waals surface area (Å²) in [5.41, 5.74) is 0.952. The number of benzene rings is 1. The molecule has 2 aliphatic rings. The van der Waals surface area contributed by atoms with Gasteiger partial charge in [0.1, 0.15) is 5.82 Å². The lowest BCUT2D eigenvalue weighted by Crippen LogP contribution is -2.30. The Morgan fingerprint density at radius 1 is 1.28 bits per heavy atom. The van der Waals surface area contributed by atoms with Crippen molar-refractivity contribution in [3.05, 3.63) is 24.0 Å². The molecule has 2 aliphatic heterocycles. The second-order valence-electron chi connectivity index (χ2n) is 6.64. The molecule has 0 atom stereocenters. The third-order valence-corrected chi connectivity index (χ3v) is 4.73. The lowest BCUT2D eigenvalue weighted by molar-refractivity contribution is -0.116. The van der Waals surface area contributed by atoms with Crippen LogP contribution in [0.1, 0.15) is 44.9 Å². The van der Waals surface area contributed by atoms with Crippen LogP contribution in [0.2, 0.25) is 0 Å². The molecule has 0 aliphatic carbocycles. The molecule has 1 amide bonds. The number of terminal acetylenes is 1. The molecule has 3 rings (SSSR count). The maximum atomic E-state index is 13.7. The van der Waals surface area contributed by atoms with Crippen molar-refractivity contribution in [3.8, 4) is 12.3 Å². The van der Waals surface area contributed by atoms with Gasteiger partial charge in [-0.3, -0.25) is 4.79 Å². The van der Waals surface area contributed by atoms with Gasteiger partial charge in [0.15, 0.2) is 5.66 Å². The highest BCUT2D eigenvalue weighted by molar-refractivity contribution is 5.94. The number of anilines is 2. The number of piperidine rings is 1. The average molecular weight is 342 g/mol. The van der Waals surface area contributed by atoms with Crippen LogP contribution >= 0.6 is 0 Å². The van der Waals surface area contributed by atoms with Crippen LogP contribution in [0.15, 0.2) is 28.4 Å². The van der Waals surface area contributed by atoms with E-state index in [1.54, 1.807) is 6.07 Å². The van der Waals surface area contributed by atoms with Gasteiger partial charge in [-0.25, -0.2) is 4.39 Å². The van der Waals surface area contributed by atoms with E-state index in [1.807, 2.05) is 0 Å². The zero-order valence-corrected chi connectivity index (χ0v) is 14.3. The first-order chi connectivity index (χ1) is 12.1. The fourth-order valence-corrected chi connectivity index (χ4v) is 3.21. The predicted molar refractivity (Wildman–Crippen MR) is 96.0 cm³/mol. The number of halogens is 1. The first-order valence-corrected chi connectivity index (χ1v) is 8.84. The molecule has 0 unspecified atom stereocenters. The Morgan fingerprint density at radius 3 is 2.72 bits per heavy atom. The fourth-order valence-electron chi connectivity index (χ4n) is 3.21. The summed E-state index contributed by atoms with van der Waals surface area (Å²) in [5, 5.41) is 10.9. The largest absolute Gasteiger partial charge is 0.370 e. The maximum Gasteiger partial charge on any atom is 0.224 e. The number of hydrogen-bond donors (Lipinski definition) is 1. The molecule has 132 valence electrons. The van der Waals surface area contributed by atoms with Crippen molar-refractivity contribution in [1.82, 2.24) is 0 Å². The molecule has 5 nitrogen and oxygen atoms in total. The summed E-state index contributed by atoms with van der Waals surface area (Å²) < 4.78 is 13.7. The van der Waals surface area contributed by atoms with E-state index >= 15 is 0 Å². The van der Waals surface area contributed by atoms with Gasteiger partial charge in [0, 0.05) is 38.8 Å². The SMILES string of the molecule is C#CCCC1(CCC(=O)Nc2cc(F)ccc2N2CCCCC2)N=N1. The minimum Gasteiger partial charge on any atom is -0.370 e. The van der Waals surface area contributed by atoms with Crippen LogP contribution in [0.25, 0.3) is 0 Å². The van der Waals surface area contributed by atoms with Gasteiger partial charge in [0.2, 0.25) is 5.91 Å². The Morgan fingerprint density at radius 2 is 2.04 bits per heavy atom. The molecular formula is C19H23FN4O. The Balaban J connectivity index is 1.60. The van der Waals surface area contributed by atoms with E-state index in [2.05, 4.69) is 26.4 Å². The smallest absolute Gasteiger partial charge is 0.224 e. The number of hydrogen-bond acceptors (Lipinski definition) is 4. The zero-order chi connectivity index (χ0) is 17.7. The van der Waals surface area contributed by atoms with Crippen molar-refractivity contribution in [3.63, 3.8) is 0 Å². The van der Waals surface area contributed by atoms with Gasteiger partial charge < -0.3 is 10.2 Å². The van der Waals surface area contributed by atoms with Gasteiger partial charge >= 0.3 is 0 Å². The third-order valence-electron chi connectivity index (χ3n) is 4.73. The molecule has 1 N–H and O–H groups in total. The number of nitrogens with one attached hydrogen (secondary N) is 1. The van der Waals surface area contributed by atoms with E-state index in [4.69, 9.17) is 6.42 Å². The van der Waals surface area contributed by atoms with Crippen LogP contribution in [0.3, 0.4) is 0 Å². The van der Waals surface area contributed by atoms with Crippen LogP contribution < -0.4 is 10.2 Å². The van der Waals surface area contributed by atoms with Gasteiger partial charge in [-0.15, -0.1) is 12.3 Å². The van der Waals surface area contributed by atoms with Crippen LogP contribution in [0, 0.1) is 18.2 Å². The second-order valence-corrected chi connectivity index (χ2v) is 6.64. The van der Waals surface area contributed by atoms with E-state index in [-0.39, 0.29) is 18.1 Å². The molecule has 1 aromatic carbocycles. The summed E-state index contributed by atoms with van der Waals surface area (Å²) in [7, 11) is 0. The van der Waals surface area contributed by atoms with Crippen molar-refractivity contribution in [2.75, 3.05) is 23.3 Å². The van der Waals surface area contributed by atoms with Gasteiger partial charge in [-0.2, -0.15) is 10.2 Å². The molecule has 1 saturated heterocycles. The summed E-state index contributed by atoms with van der Waals surface area (Å²) in [6.07, 6.45) is 10.8. The summed E-state index contributed by atoms with van der Waals surface area (Å²) in [5.74, 6) is 2.07. The van der Waals surface area contributed by atoms with Crippen LogP contribution in [-0.2, 0) is 4.79 Å². The van der Waals surface area contributed by atoms with Gasteiger partial charge in [-0.1, -0.05) is 0 Å². The number of carbonyl (C=O) groups is 1. The number of amides is 1. The zero-order valence-electron chi connectivity index (χ0n) is 14.3. The molecule has 1 fully saturated rings. The number of nitrogens with zero attached hydrogens (tertiary/aromatic N) is 3. The molecule has 0 saturated carbocycles. The first-order valence-electron chi connectivity index (χ1n) is 8.84. The Kier molecular flexibility index (Phi) is 5.32. The van der Waals surface area contributed by atoms with E-state index in [9.17, 15) is 9.18 Å². The lowest BCUT2D eigenvalue weighted by Gasteiger charge is -2.30. The molecule has 25 heavy (non-hydrogen) atoms. The minimum absolute atomic E-state index is 0.152. The standard InChI is InChI=1S/C19H23FN4O/c1-2-3-10-19(22-23-19)11-9-18(25)21-16-14-15(20)7-8-17(16)24-12-5-4-6-13-24/h1,7-8,14H,3-6,9-13H2,(H,21,25). The Hall–Kier alpha value is -2.42. The summed E-state index contributed by atoms with van der Waals surface area (Å²) in [4.78, 5) is 14.5. The molecule has 2 heterocycles. The average Bonchev–Trinajstić information content (AvgIpc) is 3.40. The second kappa shape index (κ2) is 7.64. The summed E-state index contributed by atoms with van der Waals surface area (Å²) >= 11 is 0. The summed E-state index contributed by atoms with van der Waals surface area (Å²) in [6.45, 7) is 1.86. The van der Waals surface area contributed by atoms with Gasteiger partial charge in [0.05, 0.1) is 11.4 Å². The maximum absolute atomic E-state index is 13.7.